The van der Waals surface area contributed by atoms with E-state index in [9.17, 15) is 0 Å². The van der Waals surface area contributed by atoms with Crippen molar-refractivity contribution in [1.82, 2.24) is 0 Å². The van der Waals surface area contributed by atoms with Gasteiger partial charge in [0.05, 0.1) is 12.2 Å². The van der Waals surface area contributed by atoms with Crippen molar-refractivity contribution in [3.63, 3.8) is 0 Å². The lowest BCUT2D eigenvalue weighted by atomic mass is 9.88. The largest absolute Gasteiger partial charge is 0.525 e. The van der Waals surface area contributed by atoms with Gasteiger partial charge in [0.1, 0.15) is 0 Å². The van der Waals surface area contributed by atoms with Crippen LogP contribution in [0.3, 0.4) is 0 Å². The quantitative estimate of drug-likeness (QED) is 0.483. The van der Waals surface area contributed by atoms with Crippen LogP contribution in [0.25, 0.3) is 0 Å². The molecule has 3 atom stereocenters. The standard InChI is InChI=1S/C14H28O4Si/c1-4-15-19(16-5-2,17-6-3)10-9-12-7-8-13-14(11-12)18-13/h12-14H,4-11H2,1-3H3/q-1. The van der Waals surface area contributed by atoms with Crippen LogP contribution >= 0.6 is 0 Å². The molecule has 1 heterocycles. The highest BCUT2D eigenvalue weighted by atomic mass is 28.4. The first-order valence-corrected chi connectivity index (χ1v) is 9.73. The molecular weight excluding hydrogens is 260 g/mol. The minimum atomic E-state index is -2.43. The molecule has 0 aromatic heterocycles. The van der Waals surface area contributed by atoms with Gasteiger partial charge in [0.2, 0.25) is 0 Å². The Balaban J connectivity index is 1.82. The molecule has 1 aliphatic carbocycles. The molecule has 1 saturated carbocycles. The number of hydrogen-bond acceptors (Lipinski definition) is 4. The molecule has 3 unspecified atom stereocenters. The third kappa shape index (κ3) is 4.26. The van der Waals surface area contributed by atoms with Gasteiger partial charge in [0.15, 0.2) is 0 Å². The molecule has 5 heteroatoms. The van der Waals surface area contributed by atoms with E-state index in [1.54, 1.807) is 0 Å². The van der Waals surface area contributed by atoms with Crippen LogP contribution in [0.2, 0.25) is 6.04 Å². The summed E-state index contributed by atoms with van der Waals surface area (Å²) in [6.45, 7) is 8.06. The summed E-state index contributed by atoms with van der Waals surface area (Å²) in [7, 11) is -2.43. The Morgan fingerprint density at radius 2 is 1.58 bits per heavy atom. The predicted molar refractivity (Wildman–Crippen MR) is 76.1 cm³/mol. The molecule has 1 aliphatic heterocycles. The molecule has 0 aromatic carbocycles. The third-order valence-electron chi connectivity index (χ3n) is 4.06. The molecule has 2 fully saturated rings. The molecule has 4 nitrogen and oxygen atoms in total. The average Bonchev–Trinajstić information content (AvgIpc) is 3.16. The maximum Gasteiger partial charge on any atom is 0.281 e. The summed E-state index contributed by atoms with van der Waals surface area (Å²) in [6.07, 6.45) is 6.04. The second-order valence-electron chi connectivity index (χ2n) is 5.41. The summed E-state index contributed by atoms with van der Waals surface area (Å²) in [5, 5.41) is 0. The van der Waals surface area contributed by atoms with Crippen LogP contribution in [0.15, 0.2) is 0 Å². The first-order chi connectivity index (χ1) is 9.23. The summed E-state index contributed by atoms with van der Waals surface area (Å²) < 4.78 is 23.3. The van der Waals surface area contributed by atoms with Crippen LogP contribution in [0.1, 0.15) is 46.5 Å². The molecule has 0 bridgehead atoms. The molecule has 2 aliphatic rings. The Morgan fingerprint density at radius 3 is 2.11 bits per heavy atom. The number of fused-ring (bicyclic) bond motifs is 1. The van der Waals surface area contributed by atoms with Gasteiger partial charge in [0.25, 0.3) is 8.80 Å². The summed E-state index contributed by atoms with van der Waals surface area (Å²) >= 11 is 0. The molecular formula is C14H28O4Si-. The van der Waals surface area contributed by atoms with Gasteiger partial charge >= 0.3 is 0 Å². The molecule has 113 valence electrons. The van der Waals surface area contributed by atoms with E-state index >= 15 is 0 Å². The zero-order chi connectivity index (χ0) is 13.7. The van der Waals surface area contributed by atoms with Gasteiger partial charge in [-0.15, -0.1) is 0 Å². The summed E-state index contributed by atoms with van der Waals surface area (Å²) in [6, 6.07) is 0.949. The average molecular weight is 288 g/mol. The second-order valence-corrected chi connectivity index (χ2v) is 8.14. The Labute approximate surface area is 118 Å². The fourth-order valence-electron chi connectivity index (χ4n) is 3.13. The normalized spacial score (nSPS) is 30.2. The van der Waals surface area contributed by atoms with E-state index in [0.29, 0.717) is 32.0 Å². The smallest absolute Gasteiger partial charge is 0.281 e. The van der Waals surface area contributed by atoms with Gasteiger partial charge in [-0.25, -0.2) is 0 Å². The van der Waals surface area contributed by atoms with E-state index in [1.165, 1.54) is 19.3 Å². The minimum absolute atomic E-state index is 0.557. The van der Waals surface area contributed by atoms with Gasteiger partial charge < -0.3 is 18.0 Å². The van der Waals surface area contributed by atoms with E-state index in [2.05, 4.69) is 0 Å². The number of epoxide rings is 1. The van der Waals surface area contributed by atoms with Gasteiger partial charge in [-0.05, 0) is 46.0 Å². The van der Waals surface area contributed by atoms with E-state index in [4.69, 9.17) is 18.0 Å². The van der Waals surface area contributed by atoms with E-state index in [-0.39, 0.29) is 0 Å². The first kappa shape index (κ1) is 15.4. The molecule has 0 radical (unpaired) electrons. The summed E-state index contributed by atoms with van der Waals surface area (Å²) in [4.78, 5) is 0. The van der Waals surface area contributed by atoms with Crippen molar-refractivity contribution in [1.29, 1.82) is 0 Å². The van der Waals surface area contributed by atoms with Crippen LogP contribution < -0.4 is 0 Å². The van der Waals surface area contributed by atoms with Crippen LogP contribution in [0.4, 0.5) is 0 Å². The second kappa shape index (κ2) is 7.18. The van der Waals surface area contributed by atoms with Crippen molar-refractivity contribution in [3.05, 3.63) is 0 Å². The Bertz CT molecular complexity index is 257. The maximum absolute atomic E-state index is 5.90. The van der Waals surface area contributed by atoms with Crippen molar-refractivity contribution < 1.29 is 18.0 Å². The predicted octanol–water partition coefficient (Wildman–Crippen LogP) is 2.99. The van der Waals surface area contributed by atoms with Gasteiger partial charge in [0, 0.05) is 19.8 Å². The highest BCUT2D eigenvalue weighted by molar-refractivity contribution is 6.60. The fourth-order valence-corrected chi connectivity index (χ4v) is 5.90. The molecule has 0 spiro atoms. The van der Waals surface area contributed by atoms with E-state index in [1.807, 2.05) is 20.8 Å². The molecule has 19 heavy (non-hydrogen) atoms. The van der Waals surface area contributed by atoms with Crippen molar-refractivity contribution in [3.8, 4) is 0 Å². The maximum atomic E-state index is 5.90. The lowest BCUT2D eigenvalue weighted by Crippen LogP contribution is -2.46. The van der Waals surface area contributed by atoms with Crippen LogP contribution in [0.5, 0.6) is 0 Å². The zero-order valence-corrected chi connectivity index (χ0v) is 13.5. The fraction of sp³-hybridized carbons (Fsp3) is 1.00. The first-order valence-electron chi connectivity index (χ1n) is 7.80. The molecule has 0 aromatic rings. The zero-order valence-electron chi connectivity index (χ0n) is 12.5. The van der Waals surface area contributed by atoms with Crippen molar-refractivity contribution in [2.24, 2.45) is 5.92 Å². The van der Waals surface area contributed by atoms with E-state index in [0.717, 1.165) is 18.4 Å². The van der Waals surface area contributed by atoms with Crippen molar-refractivity contribution in [2.45, 2.75) is 64.7 Å². The third-order valence-corrected chi connectivity index (χ3v) is 7.15. The molecule has 2 rings (SSSR count). The highest BCUT2D eigenvalue weighted by Crippen LogP contribution is 2.41. The van der Waals surface area contributed by atoms with Crippen LogP contribution in [-0.4, -0.2) is 40.8 Å². The Hall–Kier alpha value is 0.0569. The molecule has 1 saturated heterocycles. The topological polar surface area (TPSA) is 40.2 Å². The molecule has 0 amide bonds. The van der Waals surface area contributed by atoms with Crippen LogP contribution in [0, 0.1) is 5.92 Å². The van der Waals surface area contributed by atoms with Gasteiger partial charge in [-0.3, -0.25) is 0 Å². The van der Waals surface area contributed by atoms with Crippen LogP contribution in [-0.2, 0) is 18.0 Å². The summed E-state index contributed by atoms with van der Waals surface area (Å²) in [5.74, 6) is 0.761. The monoisotopic (exact) mass is 288 g/mol. The lowest BCUT2D eigenvalue weighted by Gasteiger charge is -2.43. The lowest BCUT2D eigenvalue weighted by molar-refractivity contribution is 0.0691. The molecule has 0 N–H and O–H groups in total. The summed E-state index contributed by atoms with van der Waals surface area (Å²) in [5.41, 5.74) is 0. The Kier molecular flexibility index (Phi) is 5.83. The SMILES string of the molecule is CCO[Si-](CCC1CCC2OC2C1)(OCC)OCC. The van der Waals surface area contributed by atoms with Gasteiger partial charge in [-0.2, -0.15) is 0 Å². The van der Waals surface area contributed by atoms with Crippen molar-refractivity contribution in [2.75, 3.05) is 19.8 Å². The number of rotatable bonds is 9. The minimum Gasteiger partial charge on any atom is -0.525 e. The highest BCUT2D eigenvalue weighted by Gasteiger charge is 2.43. The Morgan fingerprint density at radius 1 is 0.947 bits per heavy atom. The van der Waals surface area contributed by atoms with Crippen molar-refractivity contribution >= 4 is 8.80 Å². The number of ether oxygens (including phenoxy) is 1. The number of hydrogen-bond donors (Lipinski definition) is 0. The van der Waals surface area contributed by atoms with Gasteiger partial charge in [-0.1, -0.05) is 12.5 Å². The van der Waals surface area contributed by atoms with E-state index < -0.39 is 8.80 Å².